The lowest BCUT2D eigenvalue weighted by Gasteiger charge is -2.07. The molecule has 1 aromatic heterocycles. The molecule has 0 fully saturated rings. The van der Waals surface area contributed by atoms with Gasteiger partial charge in [-0.15, -0.1) is 0 Å². The molecule has 1 N–H and O–H groups in total. The fraction of sp³-hybridized carbons (Fsp3) is 0.250. The molecule has 0 atom stereocenters. The Morgan fingerprint density at radius 3 is 2.81 bits per heavy atom. The number of halogens is 3. The number of hydrogen-bond acceptors (Lipinski definition) is 5. The Morgan fingerprint density at radius 1 is 1.38 bits per heavy atom. The van der Waals surface area contributed by atoms with E-state index in [4.69, 9.17) is 9.63 Å². The molecule has 0 amide bonds. The van der Waals surface area contributed by atoms with Crippen molar-refractivity contribution in [3.63, 3.8) is 0 Å². The van der Waals surface area contributed by atoms with Crippen LogP contribution in [0.3, 0.4) is 0 Å². The van der Waals surface area contributed by atoms with Crippen LogP contribution >= 0.6 is 11.8 Å². The molecule has 0 aliphatic rings. The average molecular weight is 318 g/mol. The van der Waals surface area contributed by atoms with Crippen LogP contribution in [0.15, 0.2) is 34.0 Å². The van der Waals surface area contributed by atoms with Crippen molar-refractivity contribution in [2.45, 2.75) is 17.8 Å². The third-order valence-corrected chi connectivity index (χ3v) is 3.19. The second-order valence-electron chi connectivity index (χ2n) is 4.03. The minimum absolute atomic E-state index is 0.0689. The van der Waals surface area contributed by atoms with Gasteiger partial charge in [0.1, 0.15) is 5.75 Å². The van der Waals surface area contributed by atoms with E-state index >= 15 is 0 Å². The lowest BCUT2D eigenvalue weighted by atomic mass is 10.1. The number of rotatable bonds is 5. The lowest BCUT2D eigenvalue weighted by molar-refractivity contribution is -0.137. The highest BCUT2D eigenvalue weighted by Crippen LogP contribution is 2.29. The predicted octanol–water partition coefficient (Wildman–Crippen LogP) is 2.86. The zero-order valence-corrected chi connectivity index (χ0v) is 11.2. The van der Waals surface area contributed by atoms with Crippen molar-refractivity contribution in [1.82, 2.24) is 10.1 Å². The molecule has 2 aromatic rings. The predicted molar refractivity (Wildman–Crippen MR) is 66.9 cm³/mol. The molecule has 2 rings (SSSR count). The quantitative estimate of drug-likeness (QED) is 0.854. The smallest absolute Gasteiger partial charge is 0.416 e. The molecule has 0 radical (unpaired) electrons. The average Bonchev–Trinajstić information content (AvgIpc) is 2.83. The van der Waals surface area contributed by atoms with Crippen molar-refractivity contribution in [3.8, 4) is 0 Å². The number of carboxylic acid groups (broad SMARTS) is 1. The molecule has 0 aliphatic heterocycles. The van der Waals surface area contributed by atoms with Gasteiger partial charge in [-0.2, -0.15) is 18.2 Å². The molecule has 112 valence electrons. The number of aliphatic carboxylic acids is 1. The SMILES string of the molecule is O=C(O)CSc1nc(Cc2cccc(C(F)(F)F)c2)no1. The van der Waals surface area contributed by atoms with Gasteiger partial charge in [0.2, 0.25) is 0 Å². The monoisotopic (exact) mass is 318 g/mol. The van der Waals surface area contributed by atoms with E-state index in [9.17, 15) is 18.0 Å². The van der Waals surface area contributed by atoms with Gasteiger partial charge in [0.05, 0.1) is 5.56 Å². The minimum Gasteiger partial charge on any atom is -0.481 e. The molecule has 0 unspecified atom stereocenters. The van der Waals surface area contributed by atoms with Crippen molar-refractivity contribution < 1.29 is 27.6 Å². The van der Waals surface area contributed by atoms with E-state index < -0.39 is 17.7 Å². The van der Waals surface area contributed by atoms with Crippen molar-refractivity contribution in [2.24, 2.45) is 0 Å². The van der Waals surface area contributed by atoms with Gasteiger partial charge in [0.25, 0.3) is 5.22 Å². The van der Waals surface area contributed by atoms with E-state index in [2.05, 4.69) is 10.1 Å². The fourth-order valence-electron chi connectivity index (χ4n) is 1.53. The Balaban J connectivity index is 2.07. The van der Waals surface area contributed by atoms with Crippen LogP contribution in [0.5, 0.6) is 0 Å². The third kappa shape index (κ3) is 4.48. The standard InChI is InChI=1S/C12H9F3N2O3S/c13-12(14,15)8-3-1-2-7(4-8)5-9-16-11(20-17-9)21-6-10(18)19/h1-4H,5-6H2,(H,18,19). The van der Waals surface area contributed by atoms with Crippen LogP contribution in [0.25, 0.3) is 0 Å². The highest BCUT2D eigenvalue weighted by molar-refractivity contribution is 7.99. The van der Waals surface area contributed by atoms with Crippen LogP contribution in [0.4, 0.5) is 13.2 Å². The van der Waals surface area contributed by atoms with Gasteiger partial charge >= 0.3 is 12.1 Å². The van der Waals surface area contributed by atoms with Crippen molar-refractivity contribution in [2.75, 3.05) is 5.75 Å². The maximum absolute atomic E-state index is 12.6. The summed E-state index contributed by atoms with van der Waals surface area (Å²) in [6.45, 7) is 0. The first-order chi connectivity index (χ1) is 9.84. The molecule has 0 saturated carbocycles. The summed E-state index contributed by atoms with van der Waals surface area (Å²) in [5.74, 6) is -1.06. The number of carbonyl (C=O) groups is 1. The Morgan fingerprint density at radius 2 is 2.14 bits per heavy atom. The van der Waals surface area contributed by atoms with E-state index in [1.54, 1.807) is 0 Å². The summed E-state index contributed by atoms with van der Waals surface area (Å²) in [6.07, 6.45) is -4.34. The summed E-state index contributed by atoms with van der Waals surface area (Å²) in [5, 5.41) is 12.2. The second kappa shape index (κ2) is 6.17. The number of thioether (sulfide) groups is 1. The number of hydrogen-bond donors (Lipinski definition) is 1. The normalized spacial score (nSPS) is 11.6. The first-order valence-electron chi connectivity index (χ1n) is 5.68. The van der Waals surface area contributed by atoms with Crippen LogP contribution in [-0.4, -0.2) is 27.0 Å². The summed E-state index contributed by atoms with van der Waals surface area (Å²) in [7, 11) is 0. The number of alkyl halides is 3. The zero-order chi connectivity index (χ0) is 15.5. The Kier molecular flexibility index (Phi) is 4.51. The highest BCUT2D eigenvalue weighted by Gasteiger charge is 2.30. The van der Waals surface area contributed by atoms with Gasteiger partial charge in [0.15, 0.2) is 5.82 Å². The third-order valence-electron chi connectivity index (χ3n) is 2.39. The lowest BCUT2D eigenvalue weighted by Crippen LogP contribution is -2.05. The molecule has 0 aliphatic carbocycles. The second-order valence-corrected chi connectivity index (χ2v) is 4.96. The van der Waals surface area contributed by atoms with Gasteiger partial charge in [-0.1, -0.05) is 35.1 Å². The van der Waals surface area contributed by atoms with Crippen molar-refractivity contribution >= 4 is 17.7 Å². The molecule has 0 spiro atoms. The summed E-state index contributed by atoms with van der Waals surface area (Å²) in [4.78, 5) is 14.3. The van der Waals surface area contributed by atoms with E-state index in [0.717, 1.165) is 23.9 Å². The Labute approximate surface area is 121 Å². The maximum atomic E-state index is 12.6. The Bertz CT molecular complexity index is 643. The number of benzene rings is 1. The number of nitrogens with zero attached hydrogens (tertiary/aromatic N) is 2. The molecule has 0 saturated heterocycles. The van der Waals surface area contributed by atoms with Crippen LogP contribution in [0.1, 0.15) is 17.0 Å². The molecule has 0 bridgehead atoms. The van der Waals surface area contributed by atoms with Crippen molar-refractivity contribution in [3.05, 3.63) is 41.2 Å². The van der Waals surface area contributed by atoms with Gasteiger partial charge in [-0.05, 0) is 11.6 Å². The van der Waals surface area contributed by atoms with Crippen molar-refractivity contribution in [1.29, 1.82) is 0 Å². The molecule has 9 heteroatoms. The molecule has 21 heavy (non-hydrogen) atoms. The van der Waals surface area contributed by atoms with Gasteiger partial charge in [-0.3, -0.25) is 4.79 Å². The summed E-state index contributed by atoms with van der Waals surface area (Å²) in [5.41, 5.74) is -0.357. The van der Waals surface area contributed by atoms with Gasteiger partial charge in [0, 0.05) is 6.42 Å². The van der Waals surface area contributed by atoms with Crippen LogP contribution in [0.2, 0.25) is 0 Å². The summed E-state index contributed by atoms with van der Waals surface area (Å²) < 4.78 is 42.5. The first-order valence-corrected chi connectivity index (χ1v) is 6.66. The van der Waals surface area contributed by atoms with Crippen LogP contribution in [-0.2, 0) is 17.4 Å². The Hall–Kier alpha value is -2.03. The fourth-order valence-corrected chi connectivity index (χ4v) is 2.04. The first kappa shape index (κ1) is 15.4. The summed E-state index contributed by atoms with van der Waals surface area (Å²) >= 11 is 0.848. The molecular formula is C12H9F3N2O3S. The van der Waals surface area contributed by atoms with Gasteiger partial charge < -0.3 is 9.63 Å². The summed E-state index contributed by atoms with van der Waals surface area (Å²) in [6, 6.07) is 4.82. The van der Waals surface area contributed by atoms with Crippen LogP contribution in [0, 0.1) is 0 Å². The number of aromatic nitrogens is 2. The van der Waals surface area contributed by atoms with Gasteiger partial charge in [-0.25, -0.2) is 0 Å². The molecular weight excluding hydrogens is 309 g/mol. The topological polar surface area (TPSA) is 76.2 Å². The number of carboxylic acids is 1. The minimum atomic E-state index is -4.41. The van der Waals surface area contributed by atoms with E-state index in [1.165, 1.54) is 12.1 Å². The van der Waals surface area contributed by atoms with Crippen LogP contribution < -0.4 is 0 Å². The highest BCUT2D eigenvalue weighted by atomic mass is 32.2. The van der Waals surface area contributed by atoms with E-state index in [0.29, 0.717) is 5.56 Å². The van der Waals surface area contributed by atoms with E-state index in [-0.39, 0.29) is 23.2 Å². The zero-order valence-electron chi connectivity index (χ0n) is 10.4. The molecule has 1 aromatic carbocycles. The largest absolute Gasteiger partial charge is 0.481 e. The van der Waals surface area contributed by atoms with E-state index in [1.807, 2.05) is 0 Å². The molecule has 5 nitrogen and oxygen atoms in total. The molecule has 1 heterocycles. The maximum Gasteiger partial charge on any atom is 0.416 e.